The van der Waals surface area contributed by atoms with Gasteiger partial charge in [-0.3, -0.25) is 4.79 Å². The van der Waals surface area contributed by atoms with Crippen LogP contribution in [0.4, 0.5) is 5.82 Å². The molecule has 4 heteroatoms. The molecule has 1 heterocycles. The number of hydrogen-bond acceptors (Lipinski definition) is 4. The van der Waals surface area contributed by atoms with Crippen molar-refractivity contribution in [2.75, 3.05) is 19.3 Å². The number of ketones is 1. The van der Waals surface area contributed by atoms with E-state index in [0.717, 1.165) is 5.56 Å². The van der Waals surface area contributed by atoms with Gasteiger partial charge in [0.2, 0.25) is 0 Å². The first-order valence-corrected chi connectivity index (χ1v) is 5.01. The van der Waals surface area contributed by atoms with Crippen molar-refractivity contribution >= 4 is 11.6 Å². The summed E-state index contributed by atoms with van der Waals surface area (Å²) in [6.45, 7) is 2.60. The molecule has 1 aromatic rings. The van der Waals surface area contributed by atoms with E-state index in [2.05, 4.69) is 10.3 Å². The minimum Gasteiger partial charge on any atom is -0.383 e. The number of hydrogen-bond donors (Lipinski definition) is 2. The van der Waals surface area contributed by atoms with Gasteiger partial charge in [-0.1, -0.05) is 13.0 Å². The number of pyridine rings is 1. The van der Waals surface area contributed by atoms with E-state index in [-0.39, 0.29) is 11.7 Å². The van der Waals surface area contributed by atoms with Gasteiger partial charge in [0.05, 0.1) is 0 Å². The number of anilines is 1. The van der Waals surface area contributed by atoms with Gasteiger partial charge in [0, 0.05) is 30.6 Å². The van der Waals surface area contributed by atoms with Gasteiger partial charge in [0.25, 0.3) is 0 Å². The Morgan fingerprint density at radius 3 is 3.00 bits per heavy atom. The monoisotopic (exact) mass is 207 g/mol. The molecule has 0 saturated carbocycles. The molecule has 15 heavy (non-hydrogen) atoms. The fraction of sp³-hybridized carbons (Fsp3) is 0.455. The number of Topliss-reactive ketones (excluding diaryl/α,β-unsaturated/α-hetero) is 1. The number of nitrogens with zero attached hydrogens (tertiary/aromatic N) is 1. The Morgan fingerprint density at radius 1 is 1.67 bits per heavy atom. The summed E-state index contributed by atoms with van der Waals surface area (Å²) in [6, 6.07) is 3.63. The van der Waals surface area contributed by atoms with Crippen molar-refractivity contribution in [2.45, 2.75) is 13.3 Å². The molecule has 0 aliphatic rings. The predicted molar refractivity (Wildman–Crippen MR) is 60.5 cm³/mol. The average Bonchev–Trinajstić information content (AvgIpc) is 2.21. The van der Waals surface area contributed by atoms with Gasteiger partial charge in [-0.15, -0.1) is 0 Å². The molecule has 0 spiro atoms. The standard InChI is InChI=1S/C11H17N3O/c1-8(7-13-2)10(15)6-9-4-3-5-14-11(9)12/h3-5,8,13H,6-7H2,1-2H3,(H2,12,14). The molecule has 1 atom stereocenters. The van der Waals surface area contributed by atoms with Crippen LogP contribution in [-0.2, 0) is 11.2 Å². The topological polar surface area (TPSA) is 68.0 Å². The highest BCUT2D eigenvalue weighted by atomic mass is 16.1. The summed E-state index contributed by atoms with van der Waals surface area (Å²) < 4.78 is 0. The first kappa shape index (κ1) is 11.7. The van der Waals surface area contributed by atoms with Crippen LogP contribution in [0.2, 0.25) is 0 Å². The van der Waals surface area contributed by atoms with Crippen molar-refractivity contribution in [2.24, 2.45) is 5.92 Å². The number of carbonyl (C=O) groups excluding carboxylic acids is 1. The Hall–Kier alpha value is -1.42. The van der Waals surface area contributed by atoms with Crippen molar-refractivity contribution < 1.29 is 4.79 Å². The van der Waals surface area contributed by atoms with Crippen molar-refractivity contribution in [1.82, 2.24) is 10.3 Å². The molecule has 0 saturated heterocycles. The summed E-state index contributed by atoms with van der Waals surface area (Å²) in [5.74, 6) is 0.640. The second kappa shape index (κ2) is 5.46. The lowest BCUT2D eigenvalue weighted by atomic mass is 10.00. The molecular weight excluding hydrogens is 190 g/mol. The molecule has 0 bridgehead atoms. The Balaban J connectivity index is 2.62. The van der Waals surface area contributed by atoms with E-state index in [0.29, 0.717) is 18.8 Å². The van der Waals surface area contributed by atoms with Crippen LogP contribution in [0.1, 0.15) is 12.5 Å². The molecule has 4 nitrogen and oxygen atoms in total. The minimum atomic E-state index is 0.00889. The van der Waals surface area contributed by atoms with E-state index >= 15 is 0 Å². The van der Waals surface area contributed by atoms with Gasteiger partial charge in [0.1, 0.15) is 11.6 Å². The molecule has 1 unspecified atom stereocenters. The summed E-state index contributed by atoms with van der Waals surface area (Å²) in [5, 5.41) is 2.98. The summed E-state index contributed by atoms with van der Waals surface area (Å²) >= 11 is 0. The van der Waals surface area contributed by atoms with E-state index < -0.39 is 0 Å². The zero-order valence-corrected chi connectivity index (χ0v) is 9.16. The number of nitrogens with two attached hydrogens (primary N) is 1. The molecule has 0 aliphatic heterocycles. The van der Waals surface area contributed by atoms with Crippen LogP contribution >= 0.6 is 0 Å². The van der Waals surface area contributed by atoms with Crippen LogP contribution < -0.4 is 11.1 Å². The highest BCUT2D eigenvalue weighted by Gasteiger charge is 2.13. The van der Waals surface area contributed by atoms with E-state index in [1.165, 1.54) is 0 Å². The molecular formula is C11H17N3O. The van der Waals surface area contributed by atoms with Crippen LogP contribution in [0.3, 0.4) is 0 Å². The molecule has 0 fully saturated rings. The Kier molecular flexibility index (Phi) is 4.24. The lowest BCUT2D eigenvalue weighted by molar-refractivity contribution is -0.121. The van der Waals surface area contributed by atoms with Gasteiger partial charge in [-0.25, -0.2) is 4.98 Å². The third-order valence-electron chi connectivity index (χ3n) is 2.35. The number of carbonyl (C=O) groups is 1. The maximum Gasteiger partial charge on any atom is 0.141 e. The summed E-state index contributed by atoms with van der Waals surface area (Å²) in [4.78, 5) is 15.7. The number of nitrogens with one attached hydrogen (secondary N) is 1. The molecule has 0 aromatic carbocycles. The zero-order chi connectivity index (χ0) is 11.3. The third-order valence-corrected chi connectivity index (χ3v) is 2.35. The molecule has 3 N–H and O–H groups in total. The highest BCUT2D eigenvalue weighted by molar-refractivity contribution is 5.84. The smallest absolute Gasteiger partial charge is 0.141 e. The van der Waals surface area contributed by atoms with Crippen molar-refractivity contribution in [3.8, 4) is 0 Å². The summed E-state index contributed by atoms with van der Waals surface area (Å²) in [6.07, 6.45) is 1.99. The number of rotatable bonds is 5. The van der Waals surface area contributed by atoms with Crippen LogP contribution in [0.25, 0.3) is 0 Å². The number of aromatic nitrogens is 1. The average molecular weight is 207 g/mol. The minimum absolute atomic E-state index is 0.00889. The molecule has 0 amide bonds. The molecule has 1 aromatic heterocycles. The lowest BCUT2D eigenvalue weighted by Gasteiger charge is -2.10. The predicted octanol–water partition coefficient (Wildman–Crippen LogP) is 0.631. The first-order valence-electron chi connectivity index (χ1n) is 5.01. The van der Waals surface area contributed by atoms with E-state index in [1.54, 1.807) is 12.3 Å². The fourth-order valence-corrected chi connectivity index (χ4v) is 1.38. The summed E-state index contributed by atoms with van der Waals surface area (Å²) in [5.41, 5.74) is 6.47. The molecule has 0 radical (unpaired) electrons. The highest BCUT2D eigenvalue weighted by Crippen LogP contribution is 2.10. The van der Waals surface area contributed by atoms with Gasteiger partial charge in [0.15, 0.2) is 0 Å². The quantitative estimate of drug-likeness (QED) is 0.743. The second-order valence-corrected chi connectivity index (χ2v) is 3.65. The number of nitrogen functional groups attached to an aromatic ring is 1. The maximum atomic E-state index is 11.7. The van der Waals surface area contributed by atoms with Crippen molar-refractivity contribution in [3.05, 3.63) is 23.9 Å². The Bertz CT molecular complexity index is 338. The Morgan fingerprint density at radius 2 is 2.40 bits per heavy atom. The second-order valence-electron chi connectivity index (χ2n) is 3.65. The van der Waals surface area contributed by atoms with E-state index in [1.807, 2.05) is 20.0 Å². The molecule has 82 valence electrons. The molecule has 0 aliphatic carbocycles. The van der Waals surface area contributed by atoms with Crippen LogP contribution in [0.5, 0.6) is 0 Å². The lowest BCUT2D eigenvalue weighted by Crippen LogP contribution is -2.25. The fourth-order valence-electron chi connectivity index (χ4n) is 1.38. The van der Waals surface area contributed by atoms with E-state index in [9.17, 15) is 4.79 Å². The molecule has 1 rings (SSSR count). The zero-order valence-electron chi connectivity index (χ0n) is 9.16. The van der Waals surface area contributed by atoms with Crippen LogP contribution in [-0.4, -0.2) is 24.4 Å². The van der Waals surface area contributed by atoms with Gasteiger partial charge in [-0.2, -0.15) is 0 Å². The third kappa shape index (κ3) is 3.32. The Labute approximate surface area is 89.9 Å². The normalized spacial score (nSPS) is 12.4. The van der Waals surface area contributed by atoms with Gasteiger partial charge in [-0.05, 0) is 13.1 Å². The van der Waals surface area contributed by atoms with Gasteiger partial charge < -0.3 is 11.1 Å². The van der Waals surface area contributed by atoms with E-state index in [4.69, 9.17) is 5.73 Å². The maximum absolute atomic E-state index is 11.7. The van der Waals surface area contributed by atoms with Crippen molar-refractivity contribution in [1.29, 1.82) is 0 Å². The largest absolute Gasteiger partial charge is 0.383 e. The van der Waals surface area contributed by atoms with Crippen LogP contribution in [0.15, 0.2) is 18.3 Å². The summed E-state index contributed by atoms with van der Waals surface area (Å²) in [7, 11) is 1.84. The van der Waals surface area contributed by atoms with Gasteiger partial charge >= 0.3 is 0 Å². The first-order chi connectivity index (χ1) is 7.15. The SMILES string of the molecule is CNCC(C)C(=O)Cc1cccnc1N. The van der Waals surface area contributed by atoms with Crippen molar-refractivity contribution in [3.63, 3.8) is 0 Å². The van der Waals surface area contributed by atoms with Crippen LogP contribution in [0, 0.1) is 5.92 Å².